The van der Waals surface area contributed by atoms with Crippen LogP contribution in [0, 0.1) is 5.92 Å². The fraction of sp³-hybridized carbons (Fsp3) is 0.438. The molecule has 6 heteroatoms. The third-order valence-electron chi connectivity index (χ3n) is 2.73. The molecule has 1 rings (SSSR count). The van der Waals surface area contributed by atoms with Crippen molar-refractivity contribution in [3.8, 4) is 0 Å². The van der Waals surface area contributed by atoms with Crippen LogP contribution in [0.1, 0.15) is 40.0 Å². The topological polar surface area (TPSA) is 70.2 Å². The van der Waals surface area contributed by atoms with Crippen LogP contribution in [0.5, 0.6) is 0 Å². The third kappa shape index (κ3) is 7.17. The van der Waals surface area contributed by atoms with Crippen molar-refractivity contribution in [3.63, 3.8) is 0 Å². The van der Waals surface area contributed by atoms with Crippen LogP contribution >= 0.6 is 12.2 Å². The first-order valence-corrected chi connectivity index (χ1v) is 7.82. The van der Waals surface area contributed by atoms with E-state index in [0.29, 0.717) is 24.2 Å². The van der Waals surface area contributed by atoms with Crippen molar-refractivity contribution in [2.24, 2.45) is 5.92 Å². The van der Waals surface area contributed by atoms with Crippen molar-refractivity contribution in [1.29, 1.82) is 0 Å². The number of hydrogen-bond donors (Lipinski definition) is 3. The van der Waals surface area contributed by atoms with Crippen LogP contribution in [0.25, 0.3) is 0 Å². The lowest BCUT2D eigenvalue weighted by atomic mass is 10.1. The van der Waals surface area contributed by atoms with Gasteiger partial charge >= 0.3 is 0 Å². The molecule has 0 saturated carbocycles. The molecule has 0 bridgehead atoms. The first-order chi connectivity index (χ1) is 10.4. The minimum Gasteiger partial charge on any atom is -0.332 e. The summed E-state index contributed by atoms with van der Waals surface area (Å²) in [5, 5.41) is 8.64. The number of anilines is 2. The second-order valence-corrected chi connectivity index (χ2v) is 5.89. The molecule has 0 saturated heterocycles. The van der Waals surface area contributed by atoms with E-state index in [1.165, 1.54) is 0 Å². The summed E-state index contributed by atoms with van der Waals surface area (Å²) in [6.07, 6.45) is 1.71. The van der Waals surface area contributed by atoms with E-state index in [1.54, 1.807) is 12.1 Å². The molecule has 0 spiro atoms. The van der Waals surface area contributed by atoms with Crippen molar-refractivity contribution in [1.82, 2.24) is 5.32 Å². The minimum absolute atomic E-state index is 0.0209. The quantitative estimate of drug-likeness (QED) is 0.703. The SMILES string of the molecule is CCCC(=O)Nc1cccc(NC(=S)NC(=O)CC(C)C)c1. The molecular formula is C16H23N3O2S. The van der Waals surface area contributed by atoms with E-state index in [4.69, 9.17) is 12.2 Å². The molecule has 2 amide bonds. The number of amides is 2. The van der Waals surface area contributed by atoms with Crippen LogP contribution in [0.15, 0.2) is 24.3 Å². The number of carbonyl (C=O) groups is 2. The van der Waals surface area contributed by atoms with Gasteiger partial charge in [-0.1, -0.05) is 26.8 Å². The summed E-state index contributed by atoms with van der Waals surface area (Å²) in [5.74, 6) is 0.146. The molecule has 5 nitrogen and oxygen atoms in total. The molecule has 0 radical (unpaired) electrons. The smallest absolute Gasteiger partial charge is 0.226 e. The first kappa shape index (κ1) is 18.1. The highest BCUT2D eigenvalue weighted by Crippen LogP contribution is 2.15. The van der Waals surface area contributed by atoms with Crippen molar-refractivity contribution in [3.05, 3.63) is 24.3 Å². The summed E-state index contributed by atoms with van der Waals surface area (Å²) >= 11 is 5.11. The van der Waals surface area contributed by atoms with E-state index >= 15 is 0 Å². The summed E-state index contributed by atoms with van der Waals surface area (Å²) in [4.78, 5) is 23.2. The van der Waals surface area contributed by atoms with Crippen LogP contribution in [0.2, 0.25) is 0 Å². The van der Waals surface area contributed by atoms with Crippen molar-refractivity contribution in [2.45, 2.75) is 40.0 Å². The summed E-state index contributed by atoms with van der Waals surface area (Å²) in [5.41, 5.74) is 1.41. The molecule has 1 aromatic rings. The van der Waals surface area contributed by atoms with Crippen LogP contribution in [0.3, 0.4) is 0 Å². The second-order valence-electron chi connectivity index (χ2n) is 5.48. The fourth-order valence-corrected chi connectivity index (χ4v) is 2.07. The highest BCUT2D eigenvalue weighted by atomic mass is 32.1. The van der Waals surface area contributed by atoms with Crippen LogP contribution in [-0.4, -0.2) is 16.9 Å². The Kier molecular flexibility index (Phi) is 7.52. The molecule has 0 heterocycles. The zero-order valence-electron chi connectivity index (χ0n) is 13.2. The molecule has 0 atom stereocenters. The highest BCUT2D eigenvalue weighted by molar-refractivity contribution is 7.80. The van der Waals surface area contributed by atoms with Gasteiger partial charge in [0.2, 0.25) is 11.8 Å². The van der Waals surface area contributed by atoms with E-state index in [0.717, 1.165) is 6.42 Å². The predicted octanol–water partition coefficient (Wildman–Crippen LogP) is 3.28. The monoisotopic (exact) mass is 321 g/mol. The number of carbonyl (C=O) groups excluding carboxylic acids is 2. The van der Waals surface area contributed by atoms with Gasteiger partial charge in [0.05, 0.1) is 0 Å². The molecule has 0 aromatic heterocycles. The lowest BCUT2D eigenvalue weighted by molar-refractivity contribution is -0.120. The molecule has 0 unspecified atom stereocenters. The minimum atomic E-state index is -0.111. The molecule has 22 heavy (non-hydrogen) atoms. The summed E-state index contributed by atoms with van der Waals surface area (Å²) in [6, 6.07) is 7.20. The summed E-state index contributed by atoms with van der Waals surface area (Å²) in [7, 11) is 0. The molecule has 0 aliphatic carbocycles. The average Bonchev–Trinajstić information content (AvgIpc) is 2.37. The van der Waals surface area contributed by atoms with Crippen LogP contribution in [0.4, 0.5) is 11.4 Å². The van der Waals surface area contributed by atoms with Gasteiger partial charge in [-0.25, -0.2) is 0 Å². The zero-order chi connectivity index (χ0) is 16.5. The average molecular weight is 321 g/mol. The molecule has 0 fully saturated rings. The summed E-state index contributed by atoms with van der Waals surface area (Å²) < 4.78 is 0. The molecular weight excluding hydrogens is 298 g/mol. The number of thiocarbonyl (C=S) groups is 1. The van der Waals surface area contributed by atoms with Gasteiger partial charge in [0.1, 0.15) is 0 Å². The first-order valence-electron chi connectivity index (χ1n) is 7.41. The number of rotatable bonds is 6. The number of benzene rings is 1. The fourth-order valence-electron chi connectivity index (χ4n) is 1.84. The number of nitrogens with one attached hydrogen (secondary N) is 3. The van der Waals surface area contributed by atoms with Gasteiger partial charge in [-0.3, -0.25) is 9.59 Å². The van der Waals surface area contributed by atoms with Crippen molar-refractivity contribution >= 4 is 40.5 Å². The largest absolute Gasteiger partial charge is 0.332 e. The van der Waals surface area contributed by atoms with Gasteiger partial charge in [0, 0.05) is 24.2 Å². The van der Waals surface area contributed by atoms with E-state index in [-0.39, 0.29) is 22.8 Å². The Bertz CT molecular complexity index is 544. The molecule has 0 aliphatic rings. The normalized spacial score (nSPS) is 10.2. The van der Waals surface area contributed by atoms with Gasteiger partial charge in [-0.05, 0) is 42.8 Å². The second kappa shape index (κ2) is 9.15. The third-order valence-corrected chi connectivity index (χ3v) is 2.93. The van der Waals surface area contributed by atoms with Crippen LogP contribution in [-0.2, 0) is 9.59 Å². The molecule has 1 aromatic carbocycles. The zero-order valence-corrected chi connectivity index (χ0v) is 14.0. The Hall–Kier alpha value is -1.95. The van der Waals surface area contributed by atoms with Gasteiger partial charge in [0.25, 0.3) is 0 Å². The van der Waals surface area contributed by atoms with Gasteiger partial charge in [-0.2, -0.15) is 0 Å². The Balaban J connectivity index is 2.57. The van der Waals surface area contributed by atoms with E-state index in [2.05, 4.69) is 16.0 Å². The maximum atomic E-state index is 11.6. The predicted molar refractivity (Wildman–Crippen MR) is 93.8 cm³/mol. The lowest BCUT2D eigenvalue weighted by Gasteiger charge is -2.12. The molecule has 0 aliphatic heterocycles. The van der Waals surface area contributed by atoms with Gasteiger partial charge in [-0.15, -0.1) is 0 Å². The lowest BCUT2D eigenvalue weighted by Crippen LogP contribution is -2.34. The molecule has 3 N–H and O–H groups in total. The van der Waals surface area contributed by atoms with E-state index in [1.807, 2.05) is 32.9 Å². The maximum Gasteiger partial charge on any atom is 0.226 e. The Labute approximate surface area is 136 Å². The van der Waals surface area contributed by atoms with E-state index in [9.17, 15) is 9.59 Å². The van der Waals surface area contributed by atoms with Crippen LogP contribution < -0.4 is 16.0 Å². The van der Waals surface area contributed by atoms with Crippen molar-refractivity contribution < 1.29 is 9.59 Å². The van der Waals surface area contributed by atoms with Crippen molar-refractivity contribution in [2.75, 3.05) is 10.6 Å². The highest BCUT2D eigenvalue weighted by Gasteiger charge is 2.07. The standard InChI is InChI=1S/C16H23N3O2S/c1-4-6-14(20)17-12-7-5-8-13(10-12)18-16(22)19-15(21)9-11(2)3/h5,7-8,10-11H,4,6,9H2,1-3H3,(H,17,20)(H2,18,19,21,22). The maximum absolute atomic E-state index is 11.6. The van der Waals surface area contributed by atoms with Gasteiger partial charge < -0.3 is 16.0 Å². The van der Waals surface area contributed by atoms with E-state index < -0.39 is 0 Å². The molecule has 120 valence electrons. The Morgan fingerprint density at radius 2 is 1.77 bits per heavy atom. The van der Waals surface area contributed by atoms with Gasteiger partial charge in [0.15, 0.2) is 5.11 Å². The summed E-state index contributed by atoms with van der Waals surface area (Å²) in [6.45, 7) is 5.90. The number of hydrogen-bond acceptors (Lipinski definition) is 3. The Morgan fingerprint density at radius 1 is 1.14 bits per heavy atom. The Morgan fingerprint density at radius 3 is 2.36 bits per heavy atom.